The quantitative estimate of drug-likeness (QED) is 0.533. The van der Waals surface area contributed by atoms with Crippen LogP contribution in [0.5, 0.6) is 5.88 Å². The number of rotatable bonds is 7. The Bertz CT molecular complexity index is 1160. The van der Waals surface area contributed by atoms with Crippen LogP contribution < -0.4 is 14.8 Å². The molecule has 0 saturated heterocycles. The minimum absolute atomic E-state index is 0.0772. The molecular formula is C21H18ClN3O4S. The minimum atomic E-state index is -3.79. The Labute approximate surface area is 179 Å². The minimum Gasteiger partial charge on any atom is -0.481 e. The summed E-state index contributed by atoms with van der Waals surface area (Å²) in [6, 6.07) is 16.0. The van der Waals surface area contributed by atoms with Crippen molar-refractivity contribution in [2.24, 2.45) is 0 Å². The van der Waals surface area contributed by atoms with Crippen LogP contribution in [-0.4, -0.2) is 26.4 Å². The van der Waals surface area contributed by atoms with Gasteiger partial charge in [-0.3, -0.25) is 9.52 Å². The van der Waals surface area contributed by atoms with Crippen LogP contribution in [0.15, 0.2) is 77.8 Å². The number of benzene rings is 2. The van der Waals surface area contributed by atoms with Crippen molar-refractivity contribution in [3.05, 3.63) is 83.5 Å². The highest BCUT2D eigenvalue weighted by Crippen LogP contribution is 2.24. The standard InChI is InChI=1S/C21H18ClN3O4S/c1-29-21-13-9-16(14-23-21)24-20(26)12-8-15-6-10-17(11-7-15)30(27,28)25-19-5-3-2-4-18(19)22/h2-14,25H,1H3,(H,24,26)/b12-8+. The van der Waals surface area contributed by atoms with Gasteiger partial charge in [0.25, 0.3) is 10.0 Å². The van der Waals surface area contributed by atoms with E-state index in [4.69, 9.17) is 16.3 Å². The number of anilines is 2. The number of hydrogen-bond acceptors (Lipinski definition) is 5. The third-order valence-electron chi connectivity index (χ3n) is 3.95. The van der Waals surface area contributed by atoms with E-state index in [-0.39, 0.29) is 10.8 Å². The molecule has 1 amide bonds. The molecule has 1 heterocycles. The van der Waals surface area contributed by atoms with E-state index < -0.39 is 10.0 Å². The lowest BCUT2D eigenvalue weighted by molar-refractivity contribution is -0.111. The topological polar surface area (TPSA) is 97.4 Å². The molecule has 0 aliphatic heterocycles. The van der Waals surface area contributed by atoms with Crippen LogP contribution >= 0.6 is 11.6 Å². The molecule has 1 aromatic heterocycles. The van der Waals surface area contributed by atoms with E-state index in [1.54, 1.807) is 54.6 Å². The molecule has 0 bridgehead atoms. The Hall–Kier alpha value is -3.36. The van der Waals surface area contributed by atoms with Gasteiger partial charge in [-0.1, -0.05) is 35.9 Å². The van der Waals surface area contributed by atoms with Crippen LogP contribution in [0.2, 0.25) is 5.02 Å². The van der Waals surface area contributed by atoms with E-state index in [2.05, 4.69) is 15.0 Å². The molecule has 2 aromatic carbocycles. The first kappa shape index (κ1) is 21.4. The summed E-state index contributed by atoms with van der Waals surface area (Å²) in [6.45, 7) is 0. The first-order chi connectivity index (χ1) is 14.4. The Morgan fingerprint density at radius 3 is 2.43 bits per heavy atom. The van der Waals surface area contributed by atoms with E-state index in [1.807, 2.05) is 0 Å². The number of para-hydroxylation sites is 1. The maximum absolute atomic E-state index is 12.5. The molecule has 154 valence electrons. The van der Waals surface area contributed by atoms with Gasteiger partial charge >= 0.3 is 0 Å². The monoisotopic (exact) mass is 443 g/mol. The number of nitrogens with zero attached hydrogens (tertiary/aromatic N) is 1. The molecule has 0 aliphatic carbocycles. The van der Waals surface area contributed by atoms with Gasteiger partial charge in [-0.2, -0.15) is 0 Å². The Morgan fingerprint density at radius 1 is 1.07 bits per heavy atom. The van der Waals surface area contributed by atoms with Crippen LogP contribution in [0.1, 0.15) is 5.56 Å². The fourth-order valence-electron chi connectivity index (χ4n) is 2.44. The summed E-state index contributed by atoms with van der Waals surface area (Å²) in [5, 5.41) is 2.97. The Kier molecular flexibility index (Phi) is 6.71. The largest absolute Gasteiger partial charge is 0.481 e. The maximum Gasteiger partial charge on any atom is 0.261 e. The van der Waals surface area contributed by atoms with Gasteiger partial charge in [0.1, 0.15) is 0 Å². The lowest BCUT2D eigenvalue weighted by Gasteiger charge is -2.09. The summed E-state index contributed by atoms with van der Waals surface area (Å²) in [6.07, 6.45) is 4.40. The van der Waals surface area contributed by atoms with Gasteiger partial charge in [-0.05, 0) is 42.0 Å². The highest BCUT2D eigenvalue weighted by atomic mass is 35.5. The second-order valence-electron chi connectivity index (χ2n) is 6.07. The van der Waals surface area contributed by atoms with Gasteiger partial charge in [-0.15, -0.1) is 0 Å². The first-order valence-electron chi connectivity index (χ1n) is 8.74. The van der Waals surface area contributed by atoms with Crippen molar-refractivity contribution in [3.8, 4) is 5.88 Å². The zero-order chi connectivity index (χ0) is 21.6. The molecule has 7 nitrogen and oxygen atoms in total. The number of amides is 1. The molecule has 30 heavy (non-hydrogen) atoms. The summed E-state index contributed by atoms with van der Waals surface area (Å²) in [5.74, 6) is 0.0988. The number of hydrogen-bond donors (Lipinski definition) is 2. The normalized spacial score (nSPS) is 11.3. The van der Waals surface area contributed by atoms with Crippen LogP contribution in [0.4, 0.5) is 11.4 Å². The second-order valence-corrected chi connectivity index (χ2v) is 8.16. The summed E-state index contributed by atoms with van der Waals surface area (Å²) in [7, 11) is -2.28. The van der Waals surface area contributed by atoms with Gasteiger partial charge in [0.15, 0.2) is 0 Å². The molecule has 0 atom stereocenters. The predicted molar refractivity (Wildman–Crippen MR) is 117 cm³/mol. The molecule has 3 aromatic rings. The number of sulfonamides is 1. The number of nitrogens with one attached hydrogen (secondary N) is 2. The van der Waals surface area contributed by atoms with E-state index in [0.29, 0.717) is 27.8 Å². The fraction of sp³-hybridized carbons (Fsp3) is 0.0476. The molecule has 0 radical (unpaired) electrons. The zero-order valence-electron chi connectivity index (χ0n) is 15.9. The highest BCUT2D eigenvalue weighted by molar-refractivity contribution is 7.92. The average molecular weight is 444 g/mol. The molecule has 0 spiro atoms. The summed E-state index contributed by atoms with van der Waals surface area (Å²) in [4.78, 5) is 16.1. The first-order valence-corrected chi connectivity index (χ1v) is 10.6. The van der Waals surface area contributed by atoms with E-state index in [0.717, 1.165) is 0 Å². The number of halogens is 1. The van der Waals surface area contributed by atoms with Gasteiger partial charge in [0.05, 0.1) is 34.6 Å². The number of aromatic nitrogens is 1. The highest BCUT2D eigenvalue weighted by Gasteiger charge is 2.15. The average Bonchev–Trinajstić information content (AvgIpc) is 2.75. The van der Waals surface area contributed by atoms with Crippen molar-refractivity contribution in [2.75, 3.05) is 17.1 Å². The van der Waals surface area contributed by atoms with Crippen LogP contribution in [0, 0.1) is 0 Å². The molecular weight excluding hydrogens is 426 g/mol. The zero-order valence-corrected chi connectivity index (χ0v) is 17.4. The number of methoxy groups -OCH3 is 1. The summed E-state index contributed by atoms with van der Waals surface area (Å²) >= 11 is 6.00. The van der Waals surface area contributed by atoms with Crippen molar-refractivity contribution < 1.29 is 17.9 Å². The lowest BCUT2D eigenvalue weighted by Crippen LogP contribution is -2.13. The van der Waals surface area contributed by atoms with Crippen LogP contribution in [0.25, 0.3) is 6.08 Å². The number of ether oxygens (including phenoxy) is 1. The number of carbonyl (C=O) groups excluding carboxylic acids is 1. The smallest absolute Gasteiger partial charge is 0.261 e. The van der Waals surface area contributed by atoms with Gasteiger partial charge in [-0.25, -0.2) is 13.4 Å². The van der Waals surface area contributed by atoms with Crippen molar-refractivity contribution in [2.45, 2.75) is 4.90 Å². The molecule has 0 unspecified atom stereocenters. The van der Waals surface area contributed by atoms with Gasteiger partial charge in [0.2, 0.25) is 11.8 Å². The molecule has 9 heteroatoms. The van der Waals surface area contributed by atoms with Crippen molar-refractivity contribution in [3.63, 3.8) is 0 Å². The second kappa shape index (κ2) is 9.43. The predicted octanol–water partition coefficient (Wildman–Crippen LogP) is 4.20. The van der Waals surface area contributed by atoms with Gasteiger partial charge < -0.3 is 10.1 Å². The summed E-state index contributed by atoms with van der Waals surface area (Å²) < 4.78 is 32.4. The van der Waals surface area contributed by atoms with Crippen LogP contribution in [0.3, 0.4) is 0 Å². The van der Waals surface area contributed by atoms with E-state index >= 15 is 0 Å². The van der Waals surface area contributed by atoms with Crippen LogP contribution in [-0.2, 0) is 14.8 Å². The maximum atomic E-state index is 12.5. The molecule has 0 saturated carbocycles. The van der Waals surface area contributed by atoms with E-state index in [9.17, 15) is 13.2 Å². The Balaban J connectivity index is 1.64. The fourth-order valence-corrected chi connectivity index (χ4v) is 3.76. The summed E-state index contributed by atoms with van der Waals surface area (Å²) in [5.41, 5.74) is 1.49. The number of carbonyl (C=O) groups is 1. The molecule has 0 fully saturated rings. The molecule has 3 rings (SSSR count). The third-order valence-corrected chi connectivity index (χ3v) is 5.66. The van der Waals surface area contributed by atoms with Crippen molar-refractivity contribution >= 4 is 45.0 Å². The lowest BCUT2D eigenvalue weighted by atomic mass is 10.2. The van der Waals surface area contributed by atoms with Gasteiger partial charge in [0, 0.05) is 12.1 Å². The Morgan fingerprint density at radius 2 is 1.80 bits per heavy atom. The SMILES string of the molecule is COc1ccc(NC(=O)/C=C/c2ccc(S(=O)(=O)Nc3ccccc3Cl)cc2)cn1. The van der Waals surface area contributed by atoms with Crippen molar-refractivity contribution in [1.82, 2.24) is 4.98 Å². The van der Waals surface area contributed by atoms with Crippen molar-refractivity contribution in [1.29, 1.82) is 0 Å². The number of pyridine rings is 1. The van der Waals surface area contributed by atoms with E-state index in [1.165, 1.54) is 31.5 Å². The molecule has 2 N–H and O–H groups in total. The molecule has 0 aliphatic rings. The third kappa shape index (κ3) is 5.59.